The predicted octanol–water partition coefficient (Wildman–Crippen LogP) is 2.68. The molecule has 0 saturated heterocycles. The molecule has 25 heavy (non-hydrogen) atoms. The summed E-state index contributed by atoms with van der Waals surface area (Å²) in [6.07, 6.45) is 2.04. The van der Waals surface area contributed by atoms with Crippen LogP contribution in [0.15, 0.2) is 34.9 Å². The first-order valence-electron chi connectivity index (χ1n) is 8.43. The van der Waals surface area contributed by atoms with Crippen LogP contribution >= 0.6 is 0 Å². The Hall–Kier alpha value is -2.63. The quantitative estimate of drug-likeness (QED) is 0.928. The van der Waals surface area contributed by atoms with Gasteiger partial charge in [0.1, 0.15) is 6.26 Å². The van der Waals surface area contributed by atoms with Crippen molar-refractivity contribution in [1.29, 1.82) is 0 Å². The van der Waals surface area contributed by atoms with Crippen molar-refractivity contribution in [2.75, 3.05) is 0 Å². The van der Waals surface area contributed by atoms with Crippen molar-refractivity contribution >= 4 is 11.8 Å². The molecule has 3 rings (SSSR count). The zero-order valence-electron chi connectivity index (χ0n) is 14.8. The van der Waals surface area contributed by atoms with Crippen LogP contribution in [0.4, 0.5) is 0 Å². The molecule has 2 heterocycles. The number of nitrogens with one attached hydrogen (secondary N) is 1. The van der Waals surface area contributed by atoms with Gasteiger partial charge in [0, 0.05) is 31.5 Å². The highest BCUT2D eigenvalue weighted by molar-refractivity contribution is 5.92. The average molecular weight is 341 g/mol. The normalized spacial score (nSPS) is 13.6. The van der Waals surface area contributed by atoms with Crippen LogP contribution < -0.4 is 5.32 Å². The van der Waals surface area contributed by atoms with E-state index in [1.165, 1.54) is 17.4 Å². The monoisotopic (exact) mass is 341 g/mol. The molecule has 0 bridgehead atoms. The van der Waals surface area contributed by atoms with Gasteiger partial charge in [-0.3, -0.25) is 9.59 Å². The van der Waals surface area contributed by atoms with Crippen LogP contribution in [0.25, 0.3) is 0 Å². The number of hydrogen-bond acceptors (Lipinski definition) is 4. The Morgan fingerprint density at radius 2 is 1.84 bits per heavy atom. The third-order valence-corrected chi connectivity index (χ3v) is 4.02. The Bertz CT molecular complexity index is 764. The number of hydrogen-bond donors (Lipinski definition) is 1. The van der Waals surface area contributed by atoms with Crippen LogP contribution in [0, 0.1) is 0 Å². The number of aromatic nitrogens is 1. The Morgan fingerprint density at radius 1 is 1.20 bits per heavy atom. The van der Waals surface area contributed by atoms with Crippen LogP contribution in [-0.4, -0.2) is 27.2 Å². The number of carbonyl (C=O) groups excluding carboxylic acids is 2. The Morgan fingerprint density at radius 3 is 2.44 bits per heavy atom. The van der Waals surface area contributed by atoms with E-state index in [0.29, 0.717) is 31.8 Å². The summed E-state index contributed by atoms with van der Waals surface area (Å²) in [5, 5.41) is 2.83. The first-order chi connectivity index (χ1) is 11.8. The van der Waals surface area contributed by atoms with Crippen molar-refractivity contribution in [2.45, 2.75) is 52.2 Å². The summed E-state index contributed by atoms with van der Waals surface area (Å²) in [5.41, 5.74) is 2.31. The molecule has 1 aromatic heterocycles. The van der Waals surface area contributed by atoms with Crippen LogP contribution in [0.3, 0.4) is 0 Å². The molecule has 0 atom stereocenters. The second-order valence-electron chi connectivity index (χ2n) is 7.35. The minimum Gasteiger partial charge on any atom is -0.448 e. The largest absolute Gasteiger partial charge is 0.448 e. The number of aryl methyl sites for hydroxylation is 1. The molecule has 0 spiro atoms. The predicted molar refractivity (Wildman–Crippen MR) is 92.7 cm³/mol. The first kappa shape index (κ1) is 17.2. The van der Waals surface area contributed by atoms with E-state index in [1.807, 2.05) is 37.8 Å². The van der Waals surface area contributed by atoms with E-state index >= 15 is 0 Å². The third-order valence-electron chi connectivity index (χ3n) is 4.02. The summed E-state index contributed by atoms with van der Waals surface area (Å²) in [4.78, 5) is 30.4. The Balaban J connectivity index is 1.53. The molecule has 6 heteroatoms. The lowest BCUT2D eigenvalue weighted by molar-refractivity contribution is -0.131. The topological polar surface area (TPSA) is 75.4 Å². The van der Waals surface area contributed by atoms with Gasteiger partial charge in [-0.25, -0.2) is 4.98 Å². The van der Waals surface area contributed by atoms with Crippen LogP contribution in [-0.2, 0) is 24.3 Å². The third kappa shape index (κ3) is 4.26. The second-order valence-corrected chi connectivity index (χ2v) is 7.35. The van der Waals surface area contributed by atoms with E-state index in [4.69, 9.17) is 4.42 Å². The minimum atomic E-state index is -0.336. The van der Waals surface area contributed by atoms with Gasteiger partial charge < -0.3 is 14.6 Å². The van der Waals surface area contributed by atoms with Gasteiger partial charge in [0.25, 0.3) is 5.91 Å². The lowest BCUT2D eigenvalue weighted by Crippen LogP contribution is -2.40. The fourth-order valence-corrected chi connectivity index (χ4v) is 2.82. The van der Waals surface area contributed by atoms with E-state index in [-0.39, 0.29) is 23.0 Å². The van der Waals surface area contributed by atoms with Crippen molar-refractivity contribution in [3.63, 3.8) is 0 Å². The molecule has 1 aliphatic heterocycles. The lowest BCUT2D eigenvalue weighted by Gasteiger charge is -2.19. The van der Waals surface area contributed by atoms with E-state index in [1.54, 1.807) is 0 Å². The molecule has 0 fully saturated rings. The number of oxazole rings is 1. The number of rotatable bonds is 4. The van der Waals surface area contributed by atoms with Crippen LogP contribution in [0.5, 0.6) is 0 Å². The molecule has 0 radical (unpaired) electrons. The van der Waals surface area contributed by atoms with E-state index < -0.39 is 0 Å². The minimum absolute atomic E-state index is 0.0649. The fraction of sp³-hybridized carbons (Fsp3) is 0.421. The molecule has 0 unspecified atom stereocenters. The molecule has 1 aromatic carbocycles. The molecule has 0 aliphatic carbocycles. The first-order valence-corrected chi connectivity index (χ1v) is 8.43. The highest BCUT2D eigenvalue weighted by Gasteiger charge is 2.23. The molecule has 0 saturated carbocycles. The maximum Gasteiger partial charge on any atom is 0.273 e. The Kier molecular flexibility index (Phi) is 4.61. The van der Waals surface area contributed by atoms with Gasteiger partial charge in [0.15, 0.2) is 11.6 Å². The molecule has 2 amide bonds. The second kappa shape index (κ2) is 6.70. The maximum atomic E-state index is 12.4. The molecule has 6 nitrogen and oxygen atoms in total. The van der Waals surface area contributed by atoms with Gasteiger partial charge in [-0.2, -0.15) is 0 Å². The fourth-order valence-electron chi connectivity index (χ4n) is 2.82. The number of amides is 2. The molecular weight excluding hydrogens is 318 g/mol. The van der Waals surface area contributed by atoms with Gasteiger partial charge in [-0.05, 0) is 31.9 Å². The summed E-state index contributed by atoms with van der Waals surface area (Å²) in [6.45, 7) is 7.01. The molecule has 132 valence electrons. The highest BCUT2D eigenvalue weighted by Crippen LogP contribution is 2.23. The number of fused-ring (bicyclic) bond motifs is 1. The van der Waals surface area contributed by atoms with E-state index in [2.05, 4.69) is 22.4 Å². The van der Waals surface area contributed by atoms with Crippen molar-refractivity contribution in [2.24, 2.45) is 0 Å². The number of nitrogens with zero attached hydrogens (tertiary/aromatic N) is 2. The highest BCUT2D eigenvalue weighted by atomic mass is 16.3. The summed E-state index contributed by atoms with van der Waals surface area (Å²) in [5.74, 6) is 0.197. The number of benzene rings is 1. The van der Waals surface area contributed by atoms with Crippen LogP contribution in [0.2, 0.25) is 0 Å². The number of carbonyl (C=O) groups is 2. The zero-order chi connectivity index (χ0) is 18.0. The van der Waals surface area contributed by atoms with Crippen molar-refractivity contribution < 1.29 is 14.0 Å². The van der Waals surface area contributed by atoms with Gasteiger partial charge in [0.2, 0.25) is 5.91 Å². The summed E-state index contributed by atoms with van der Waals surface area (Å²) in [6, 6.07) is 8.08. The molecule has 2 aromatic rings. The summed E-state index contributed by atoms with van der Waals surface area (Å²) in [7, 11) is 0. The van der Waals surface area contributed by atoms with E-state index in [0.717, 1.165) is 0 Å². The molecule has 1 aliphatic rings. The lowest BCUT2D eigenvalue weighted by atomic mass is 10.1. The van der Waals surface area contributed by atoms with Crippen molar-refractivity contribution in [1.82, 2.24) is 15.2 Å². The van der Waals surface area contributed by atoms with Crippen molar-refractivity contribution in [3.05, 3.63) is 53.2 Å². The van der Waals surface area contributed by atoms with E-state index in [9.17, 15) is 9.59 Å². The van der Waals surface area contributed by atoms with Gasteiger partial charge in [-0.15, -0.1) is 0 Å². The molecular formula is C19H23N3O3. The van der Waals surface area contributed by atoms with Crippen LogP contribution in [0.1, 0.15) is 54.7 Å². The standard InChI is InChI=1S/C19H23N3O3/c1-19(2,3)21-18(24)15-12-25-16(20-15)8-9-17(23)22-10-13-6-4-5-7-14(13)11-22/h4-7,12H,8-11H2,1-3H3,(H,21,24). The van der Waals surface area contributed by atoms with Gasteiger partial charge in [-0.1, -0.05) is 24.3 Å². The molecule has 1 N–H and O–H groups in total. The SMILES string of the molecule is CC(C)(C)NC(=O)c1coc(CCC(=O)N2Cc3ccccc3C2)n1. The summed E-state index contributed by atoms with van der Waals surface area (Å²) < 4.78 is 5.33. The van der Waals surface area contributed by atoms with Gasteiger partial charge >= 0.3 is 0 Å². The zero-order valence-corrected chi connectivity index (χ0v) is 14.8. The van der Waals surface area contributed by atoms with Crippen molar-refractivity contribution in [3.8, 4) is 0 Å². The van der Waals surface area contributed by atoms with Gasteiger partial charge in [0.05, 0.1) is 0 Å². The maximum absolute atomic E-state index is 12.4. The smallest absolute Gasteiger partial charge is 0.273 e. The summed E-state index contributed by atoms with van der Waals surface area (Å²) >= 11 is 0. The average Bonchev–Trinajstić information content (AvgIpc) is 3.17. The Labute approximate surface area is 147 Å².